The van der Waals surface area contributed by atoms with Crippen LogP contribution >= 0.6 is 11.6 Å². The Kier molecular flexibility index (Phi) is 3.96. The number of halogens is 1. The molecule has 2 heterocycles. The molecule has 1 aliphatic rings. The van der Waals surface area contributed by atoms with Crippen LogP contribution in [0.1, 0.15) is 12.1 Å². The van der Waals surface area contributed by atoms with Crippen molar-refractivity contribution < 1.29 is 4.74 Å². The highest BCUT2D eigenvalue weighted by Gasteiger charge is 2.19. The van der Waals surface area contributed by atoms with Gasteiger partial charge in [0.2, 0.25) is 0 Å². The van der Waals surface area contributed by atoms with E-state index in [2.05, 4.69) is 23.1 Å². The van der Waals surface area contributed by atoms with Gasteiger partial charge in [-0.1, -0.05) is 17.7 Å². The molecule has 0 N–H and O–H groups in total. The Morgan fingerprint density at radius 1 is 1.50 bits per heavy atom. The molecule has 2 aromatic rings. The molecule has 1 atom stereocenters. The maximum atomic E-state index is 6.34. The summed E-state index contributed by atoms with van der Waals surface area (Å²) in [7, 11) is 4.10. The second kappa shape index (κ2) is 5.72. The van der Waals surface area contributed by atoms with E-state index in [0.29, 0.717) is 5.92 Å². The summed E-state index contributed by atoms with van der Waals surface area (Å²) in [5.41, 5.74) is 2.14. The third-order valence-electron chi connectivity index (χ3n) is 3.91. The predicted molar refractivity (Wildman–Crippen MR) is 81.0 cm³/mol. The third-order valence-corrected chi connectivity index (χ3v) is 4.23. The van der Waals surface area contributed by atoms with Crippen LogP contribution in [-0.2, 0) is 18.3 Å². The Labute approximate surface area is 124 Å². The number of nitrogens with zero attached hydrogens (tertiary/aromatic N) is 3. The largest absolute Gasteiger partial charge is 0.381 e. The fourth-order valence-corrected chi connectivity index (χ4v) is 3.23. The summed E-state index contributed by atoms with van der Waals surface area (Å²) in [6.07, 6.45) is 1.16. The molecule has 1 aromatic heterocycles. The van der Waals surface area contributed by atoms with Crippen molar-refractivity contribution in [1.82, 2.24) is 14.7 Å². The topological polar surface area (TPSA) is 30.3 Å². The van der Waals surface area contributed by atoms with Crippen molar-refractivity contribution in [1.29, 1.82) is 0 Å². The lowest BCUT2D eigenvalue weighted by molar-refractivity contribution is 0.172. The van der Waals surface area contributed by atoms with Crippen molar-refractivity contribution in [3.05, 3.63) is 28.9 Å². The number of ether oxygens (including phenoxy) is 1. The van der Waals surface area contributed by atoms with Gasteiger partial charge in [0.05, 0.1) is 22.8 Å². The Morgan fingerprint density at radius 3 is 3.10 bits per heavy atom. The zero-order valence-electron chi connectivity index (χ0n) is 12.0. The van der Waals surface area contributed by atoms with Crippen molar-refractivity contribution in [3.8, 4) is 0 Å². The number of rotatable bonds is 4. The van der Waals surface area contributed by atoms with E-state index in [0.717, 1.165) is 54.3 Å². The number of hydrogen-bond donors (Lipinski definition) is 0. The van der Waals surface area contributed by atoms with Crippen LogP contribution in [0.3, 0.4) is 0 Å². The Balaban J connectivity index is 1.79. The third kappa shape index (κ3) is 2.68. The van der Waals surface area contributed by atoms with Gasteiger partial charge in [0.15, 0.2) is 0 Å². The lowest BCUT2D eigenvalue weighted by Crippen LogP contribution is -2.25. The van der Waals surface area contributed by atoms with Gasteiger partial charge < -0.3 is 9.64 Å². The molecule has 0 unspecified atom stereocenters. The van der Waals surface area contributed by atoms with Gasteiger partial charge in [-0.15, -0.1) is 0 Å². The first-order valence-corrected chi connectivity index (χ1v) is 7.39. The van der Waals surface area contributed by atoms with Crippen molar-refractivity contribution >= 4 is 22.5 Å². The van der Waals surface area contributed by atoms with Crippen LogP contribution in [0.4, 0.5) is 0 Å². The quantitative estimate of drug-likeness (QED) is 0.868. The highest BCUT2D eigenvalue weighted by Crippen LogP contribution is 2.27. The van der Waals surface area contributed by atoms with E-state index in [4.69, 9.17) is 16.3 Å². The molecule has 4 nitrogen and oxygen atoms in total. The predicted octanol–water partition coefficient (Wildman–Crippen LogP) is 2.70. The molecule has 3 rings (SSSR count). The first-order valence-electron chi connectivity index (χ1n) is 7.01. The molecule has 0 spiro atoms. The minimum atomic E-state index is 0.644. The van der Waals surface area contributed by atoms with E-state index in [1.807, 2.05) is 23.9 Å². The van der Waals surface area contributed by atoms with Gasteiger partial charge in [0, 0.05) is 32.1 Å². The Morgan fingerprint density at radius 2 is 2.35 bits per heavy atom. The van der Waals surface area contributed by atoms with Crippen LogP contribution < -0.4 is 0 Å². The summed E-state index contributed by atoms with van der Waals surface area (Å²) in [4.78, 5) is 2.31. The number of aryl methyl sites for hydroxylation is 1. The van der Waals surface area contributed by atoms with Crippen molar-refractivity contribution in [2.24, 2.45) is 13.0 Å². The van der Waals surface area contributed by atoms with E-state index >= 15 is 0 Å². The van der Waals surface area contributed by atoms with Gasteiger partial charge >= 0.3 is 0 Å². The van der Waals surface area contributed by atoms with Gasteiger partial charge in [0.1, 0.15) is 0 Å². The van der Waals surface area contributed by atoms with E-state index in [9.17, 15) is 0 Å². The normalized spacial score (nSPS) is 19.3. The van der Waals surface area contributed by atoms with Crippen LogP contribution in [0.5, 0.6) is 0 Å². The van der Waals surface area contributed by atoms with Gasteiger partial charge in [-0.3, -0.25) is 4.68 Å². The van der Waals surface area contributed by atoms with Crippen LogP contribution in [0.15, 0.2) is 18.2 Å². The first-order chi connectivity index (χ1) is 9.65. The zero-order valence-corrected chi connectivity index (χ0v) is 12.7. The van der Waals surface area contributed by atoms with Crippen molar-refractivity contribution in [2.45, 2.75) is 13.0 Å². The number of fused-ring (bicyclic) bond motifs is 1. The van der Waals surface area contributed by atoms with E-state index in [1.54, 1.807) is 0 Å². The highest BCUT2D eigenvalue weighted by atomic mass is 35.5. The fourth-order valence-electron chi connectivity index (χ4n) is 2.95. The standard InChI is InChI=1S/C15H20ClN3O/c1-18(8-11-6-7-20-10-11)9-13-15-12(16)4-3-5-14(15)19(2)17-13/h3-5,11H,6-10H2,1-2H3/t11-/m0/s1. The zero-order chi connectivity index (χ0) is 14.1. The molecule has 0 saturated carbocycles. The van der Waals surface area contributed by atoms with E-state index < -0.39 is 0 Å². The van der Waals surface area contributed by atoms with Gasteiger partial charge in [0.25, 0.3) is 0 Å². The van der Waals surface area contributed by atoms with Crippen LogP contribution in [0, 0.1) is 5.92 Å². The molecule has 1 aromatic carbocycles. The van der Waals surface area contributed by atoms with Crippen LogP contribution in [0.2, 0.25) is 5.02 Å². The Hall–Kier alpha value is -1.10. The SMILES string of the molecule is CN(Cc1nn(C)c2cccc(Cl)c12)C[C@@H]1CCOC1. The minimum Gasteiger partial charge on any atom is -0.381 e. The lowest BCUT2D eigenvalue weighted by atomic mass is 10.1. The summed E-state index contributed by atoms with van der Waals surface area (Å²) in [5.74, 6) is 0.644. The minimum absolute atomic E-state index is 0.644. The van der Waals surface area contributed by atoms with Crippen molar-refractivity contribution in [2.75, 3.05) is 26.8 Å². The summed E-state index contributed by atoms with van der Waals surface area (Å²) < 4.78 is 7.34. The van der Waals surface area contributed by atoms with Crippen molar-refractivity contribution in [3.63, 3.8) is 0 Å². The van der Waals surface area contributed by atoms with Gasteiger partial charge in [-0.25, -0.2) is 0 Å². The summed E-state index contributed by atoms with van der Waals surface area (Å²) in [6.45, 7) is 3.64. The molecular weight excluding hydrogens is 274 g/mol. The number of hydrogen-bond acceptors (Lipinski definition) is 3. The first kappa shape index (κ1) is 13.9. The lowest BCUT2D eigenvalue weighted by Gasteiger charge is -2.19. The van der Waals surface area contributed by atoms with Crippen LogP contribution in [-0.4, -0.2) is 41.5 Å². The van der Waals surface area contributed by atoms with Gasteiger partial charge in [-0.2, -0.15) is 5.10 Å². The molecule has 108 valence electrons. The molecule has 20 heavy (non-hydrogen) atoms. The molecule has 0 radical (unpaired) electrons. The summed E-state index contributed by atoms with van der Waals surface area (Å²) in [6, 6.07) is 5.96. The maximum Gasteiger partial charge on any atom is 0.0858 e. The molecule has 1 saturated heterocycles. The molecule has 1 aliphatic heterocycles. The van der Waals surface area contributed by atoms with E-state index in [-0.39, 0.29) is 0 Å². The number of benzene rings is 1. The molecular formula is C15H20ClN3O. The van der Waals surface area contributed by atoms with Gasteiger partial charge in [-0.05, 0) is 31.5 Å². The second-order valence-corrected chi connectivity index (χ2v) is 6.04. The summed E-state index contributed by atoms with van der Waals surface area (Å²) >= 11 is 6.34. The Bertz CT molecular complexity index is 604. The maximum absolute atomic E-state index is 6.34. The average molecular weight is 294 g/mol. The molecule has 1 fully saturated rings. The molecule has 0 aliphatic carbocycles. The van der Waals surface area contributed by atoms with Crippen LogP contribution in [0.25, 0.3) is 10.9 Å². The second-order valence-electron chi connectivity index (χ2n) is 5.63. The molecule has 0 bridgehead atoms. The van der Waals surface area contributed by atoms with E-state index in [1.165, 1.54) is 0 Å². The average Bonchev–Trinajstić information content (AvgIpc) is 3.00. The molecule has 5 heteroatoms. The fraction of sp³-hybridized carbons (Fsp3) is 0.533. The smallest absolute Gasteiger partial charge is 0.0858 e. The number of aromatic nitrogens is 2. The molecule has 0 amide bonds. The summed E-state index contributed by atoms with van der Waals surface area (Å²) in [5, 5.41) is 6.48. The highest BCUT2D eigenvalue weighted by molar-refractivity contribution is 6.35. The monoisotopic (exact) mass is 293 g/mol.